The van der Waals surface area contributed by atoms with Gasteiger partial charge in [0.05, 0.1) is 6.20 Å². The van der Waals surface area contributed by atoms with Crippen LogP contribution in [-0.2, 0) is 0 Å². The number of halogens is 3. The van der Waals surface area contributed by atoms with E-state index < -0.39 is 6.68 Å². The molecule has 15 heavy (non-hydrogen) atoms. The second kappa shape index (κ2) is 5.79. The van der Waals surface area contributed by atoms with Crippen LogP contribution in [0.4, 0.5) is 13.2 Å². The number of hydrogen-bond donors (Lipinski definition) is 1. The van der Waals surface area contributed by atoms with Gasteiger partial charge in [-0.25, -0.2) is 0 Å². The zero-order valence-electron chi connectivity index (χ0n) is 7.57. The van der Waals surface area contributed by atoms with Gasteiger partial charge in [-0.1, -0.05) is 30.3 Å². The highest BCUT2D eigenvalue weighted by molar-refractivity contribution is 5.56. The third-order valence-corrected chi connectivity index (χ3v) is 1.48. The minimum absolute atomic E-state index is 0.880. The second-order valence-corrected chi connectivity index (χ2v) is 2.47. The lowest BCUT2D eigenvalue weighted by Crippen LogP contribution is -1.75. The fourth-order valence-electron chi connectivity index (χ4n) is 0.950. The highest BCUT2D eigenvalue weighted by Crippen LogP contribution is 2.12. The zero-order chi connectivity index (χ0) is 11.1. The first-order valence-corrected chi connectivity index (χ1v) is 4.03. The van der Waals surface area contributed by atoms with E-state index in [0.29, 0.717) is 0 Å². The summed E-state index contributed by atoms with van der Waals surface area (Å²) in [5.41, 5.74) is 1.96. The lowest BCUT2D eigenvalue weighted by molar-refractivity contribution is 0.00819. The second-order valence-electron chi connectivity index (χ2n) is 2.47. The Morgan fingerprint density at radius 2 is 1.67 bits per heavy atom. The Bertz CT molecular complexity index is 359. The van der Waals surface area contributed by atoms with Crippen molar-refractivity contribution in [3.63, 3.8) is 0 Å². The predicted molar refractivity (Wildman–Crippen MR) is 48.9 cm³/mol. The first-order valence-electron chi connectivity index (χ1n) is 4.03. The van der Waals surface area contributed by atoms with Gasteiger partial charge in [0.2, 0.25) is 0 Å². The van der Waals surface area contributed by atoms with E-state index in [2.05, 4.69) is 15.4 Å². The molecule has 80 valence electrons. The van der Waals surface area contributed by atoms with Crippen LogP contribution in [-0.4, -0.2) is 22.1 Å². The van der Waals surface area contributed by atoms with Crippen molar-refractivity contribution in [1.29, 1.82) is 0 Å². The van der Waals surface area contributed by atoms with Crippen LogP contribution in [0.5, 0.6) is 0 Å². The van der Waals surface area contributed by atoms with Gasteiger partial charge in [0.1, 0.15) is 5.69 Å². The van der Waals surface area contributed by atoms with Crippen molar-refractivity contribution in [2.24, 2.45) is 0 Å². The summed E-state index contributed by atoms with van der Waals surface area (Å²) in [7, 11) is 0. The number of nitrogens with one attached hydrogen (secondary N) is 1. The Hall–Kier alpha value is -1.85. The number of benzene rings is 1. The van der Waals surface area contributed by atoms with Crippen molar-refractivity contribution >= 4 is 0 Å². The Morgan fingerprint density at radius 1 is 1.07 bits per heavy atom. The highest BCUT2D eigenvalue weighted by atomic mass is 19.4. The molecule has 2 rings (SSSR count). The molecule has 0 aliphatic rings. The van der Waals surface area contributed by atoms with E-state index in [1.54, 1.807) is 6.20 Å². The van der Waals surface area contributed by atoms with Crippen LogP contribution in [0.2, 0.25) is 0 Å². The molecule has 0 atom stereocenters. The van der Waals surface area contributed by atoms with E-state index in [4.69, 9.17) is 0 Å². The number of nitrogens with zero attached hydrogens (tertiary/aromatic N) is 2. The topological polar surface area (TPSA) is 41.6 Å². The number of aromatic nitrogens is 3. The molecule has 3 nitrogen and oxygen atoms in total. The van der Waals surface area contributed by atoms with E-state index in [9.17, 15) is 13.2 Å². The third-order valence-electron chi connectivity index (χ3n) is 1.48. The van der Waals surface area contributed by atoms with Crippen LogP contribution in [0.1, 0.15) is 0 Å². The number of rotatable bonds is 1. The van der Waals surface area contributed by atoms with Crippen LogP contribution in [0.25, 0.3) is 11.3 Å². The standard InChI is InChI=1S/C8H7N3.CHF3/c1-2-4-7(5-3-1)8-6-9-11-10-8;2-1(3)4/h1-6H,(H,9,10,11);1H. The fraction of sp³-hybridized carbons (Fsp3) is 0.111. The first-order chi connectivity index (χ1) is 7.20. The van der Waals surface area contributed by atoms with Crippen molar-refractivity contribution in [1.82, 2.24) is 15.4 Å². The molecule has 1 heterocycles. The SMILES string of the molecule is FC(F)F.c1ccc(-c2cn[nH]n2)cc1. The monoisotopic (exact) mass is 215 g/mol. The number of aromatic amines is 1. The van der Waals surface area contributed by atoms with Gasteiger partial charge in [-0.15, -0.1) is 0 Å². The molecule has 2 aromatic rings. The number of hydrogen-bond acceptors (Lipinski definition) is 2. The lowest BCUT2D eigenvalue weighted by atomic mass is 10.2. The van der Waals surface area contributed by atoms with Crippen LogP contribution in [0.3, 0.4) is 0 Å². The van der Waals surface area contributed by atoms with Crippen LogP contribution < -0.4 is 0 Å². The fourth-order valence-corrected chi connectivity index (χ4v) is 0.950. The number of H-pyrrole nitrogens is 1. The Balaban J connectivity index is 0.000000245. The van der Waals surface area contributed by atoms with E-state index in [0.717, 1.165) is 11.3 Å². The van der Waals surface area contributed by atoms with Crippen molar-refractivity contribution in [2.45, 2.75) is 6.68 Å². The maximum atomic E-state index is 9.67. The maximum absolute atomic E-state index is 9.67. The van der Waals surface area contributed by atoms with Crippen LogP contribution in [0, 0.1) is 0 Å². The summed E-state index contributed by atoms with van der Waals surface area (Å²) in [5, 5.41) is 10.2. The van der Waals surface area contributed by atoms with Gasteiger partial charge >= 0.3 is 6.68 Å². The summed E-state index contributed by atoms with van der Waals surface area (Å²) in [6.45, 7) is -3.67. The van der Waals surface area contributed by atoms with Crippen LogP contribution >= 0.6 is 0 Å². The minimum Gasteiger partial charge on any atom is -0.197 e. The minimum atomic E-state index is -3.67. The molecule has 0 saturated heterocycles. The summed E-state index contributed by atoms with van der Waals surface area (Å²) < 4.78 is 29.0. The molecule has 0 aliphatic carbocycles. The molecule has 0 saturated carbocycles. The average Bonchev–Trinajstić information content (AvgIpc) is 2.71. The van der Waals surface area contributed by atoms with Crippen molar-refractivity contribution in [3.05, 3.63) is 36.5 Å². The first kappa shape index (κ1) is 11.2. The third kappa shape index (κ3) is 4.26. The normalized spacial score (nSPS) is 9.60. The van der Waals surface area contributed by atoms with E-state index in [1.165, 1.54) is 0 Å². The Morgan fingerprint density at radius 3 is 2.13 bits per heavy atom. The molecule has 0 bridgehead atoms. The molecule has 0 aliphatic heterocycles. The van der Waals surface area contributed by atoms with Gasteiger partial charge in [-0.2, -0.15) is 28.6 Å². The molecule has 0 unspecified atom stereocenters. The average molecular weight is 215 g/mol. The Kier molecular flexibility index (Phi) is 4.33. The maximum Gasteiger partial charge on any atom is 0.379 e. The van der Waals surface area contributed by atoms with Gasteiger partial charge < -0.3 is 0 Å². The van der Waals surface area contributed by atoms with Gasteiger partial charge in [0.15, 0.2) is 0 Å². The smallest absolute Gasteiger partial charge is 0.197 e. The molecule has 0 spiro atoms. The van der Waals surface area contributed by atoms with Gasteiger partial charge in [-0.05, 0) is 0 Å². The van der Waals surface area contributed by atoms with Crippen LogP contribution in [0.15, 0.2) is 36.5 Å². The summed E-state index contributed by atoms with van der Waals surface area (Å²) in [6, 6.07) is 9.92. The molecule has 1 aromatic heterocycles. The quantitative estimate of drug-likeness (QED) is 0.794. The predicted octanol–water partition coefficient (Wildman–Crippen LogP) is 2.65. The van der Waals surface area contributed by atoms with Gasteiger partial charge in [0.25, 0.3) is 0 Å². The highest BCUT2D eigenvalue weighted by Gasteiger charge is 1.96. The summed E-state index contributed by atoms with van der Waals surface area (Å²) in [6.07, 6.45) is 1.70. The number of alkyl halides is 3. The lowest BCUT2D eigenvalue weighted by Gasteiger charge is -1.90. The summed E-state index contributed by atoms with van der Waals surface area (Å²) >= 11 is 0. The molecular formula is C9H8F3N3. The molecule has 0 fully saturated rings. The molecular weight excluding hydrogens is 207 g/mol. The van der Waals surface area contributed by atoms with Crippen molar-refractivity contribution in [3.8, 4) is 11.3 Å². The molecule has 1 N–H and O–H groups in total. The molecule has 0 radical (unpaired) electrons. The zero-order valence-corrected chi connectivity index (χ0v) is 7.57. The van der Waals surface area contributed by atoms with Gasteiger partial charge in [0, 0.05) is 5.56 Å². The van der Waals surface area contributed by atoms with Gasteiger partial charge in [-0.3, -0.25) is 0 Å². The Labute approximate surface area is 83.9 Å². The molecule has 6 heteroatoms. The molecule has 0 amide bonds. The molecule has 1 aromatic carbocycles. The summed E-state index contributed by atoms with van der Waals surface area (Å²) in [4.78, 5) is 0. The van der Waals surface area contributed by atoms with Crippen molar-refractivity contribution in [2.75, 3.05) is 0 Å². The van der Waals surface area contributed by atoms with E-state index >= 15 is 0 Å². The largest absolute Gasteiger partial charge is 0.379 e. The van der Waals surface area contributed by atoms with E-state index in [-0.39, 0.29) is 0 Å². The summed E-state index contributed by atoms with van der Waals surface area (Å²) in [5.74, 6) is 0. The van der Waals surface area contributed by atoms with Crippen molar-refractivity contribution < 1.29 is 13.2 Å². The van der Waals surface area contributed by atoms with E-state index in [1.807, 2.05) is 30.3 Å².